The lowest BCUT2D eigenvalue weighted by atomic mass is 10.1. The monoisotopic (exact) mass is 276 g/mol. The highest BCUT2D eigenvalue weighted by Crippen LogP contribution is 2.23. The second-order valence-electron chi connectivity index (χ2n) is 4.08. The molecule has 0 spiro atoms. The summed E-state index contributed by atoms with van der Waals surface area (Å²) >= 11 is 0. The summed E-state index contributed by atoms with van der Waals surface area (Å²) in [6.07, 6.45) is -4.49. The lowest BCUT2D eigenvalue weighted by Gasteiger charge is -2.24. The summed E-state index contributed by atoms with van der Waals surface area (Å²) in [6.45, 7) is -0.165. The van der Waals surface area contributed by atoms with Gasteiger partial charge in [0.1, 0.15) is 12.3 Å². The predicted molar refractivity (Wildman–Crippen MR) is 63.9 cm³/mol. The van der Waals surface area contributed by atoms with Crippen LogP contribution in [0.15, 0.2) is 18.2 Å². The van der Waals surface area contributed by atoms with Crippen molar-refractivity contribution in [1.82, 2.24) is 4.90 Å². The molecule has 0 heterocycles. The van der Waals surface area contributed by atoms with Gasteiger partial charge in [0.2, 0.25) is 0 Å². The standard InChI is InChI=1S/C12H15F3N2O2/c1-8-9(3-2-4-10(8)18)11(19)17(6-5-16)7-12(13,14)15/h2-4,18H,5-7,16H2,1H3. The van der Waals surface area contributed by atoms with E-state index in [1.807, 2.05) is 0 Å². The molecule has 106 valence electrons. The maximum Gasteiger partial charge on any atom is 0.406 e. The van der Waals surface area contributed by atoms with E-state index in [-0.39, 0.29) is 30.0 Å². The zero-order valence-corrected chi connectivity index (χ0v) is 10.4. The lowest BCUT2D eigenvalue weighted by molar-refractivity contribution is -0.140. The van der Waals surface area contributed by atoms with Crippen LogP contribution in [-0.2, 0) is 0 Å². The van der Waals surface area contributed by atoms with Crippen LogP contribution in [-0.4, -0.2) is 41.7 Å². The number of nitrogens with zero attached hydrogens (tertiary/aromatic N) is 1. The number of carbonyl (C=O) groups excluding carboxylic acids is 1. The van der Waals surface area contributed by atoms with Crippen LogP contribution in [0.25, 0.3) is 0 Å². The van der Waals surface area contributed by atoms with Gasteiger partial charge in [-0.05, 0) is 19.1 Å². The molecular formula is C12H15F3N2O2. The van der Waals surface area contributed by atoms with Gasteiger partial charge < -0.3 is 15.7 Å². The van der Waals surface area contributed by atoms with Gasteiger partial charge in [-0.3, -0.25) is 4.79 Å². The van der Waals surface area contributed by atoms with Crippen LogP contribution in [0.1, 0.15) is 15.9 Å². The molecule has 7 heteroatoms. The van der Waals surface area contributed by atoms with E-state index in [0.29, 0.717) is 4.90 Å². The van der Waals surface area contributed by atoms with Crippen molar-refractivity contribution in [2.24, 2.45) is 5.73 Å². The van der Waals surface area contributed by atoms with E-state index in [0.717, 1.165) is 0 Å². The molecule has 0 aromatic heterocycles. The third-order valence-electron chi connectivity index (χ3n) is 2.59. The normalized spacial score (nSPS) is 11.4. The summed E-state index contributed by atoms with van der Waals surface area (Å²) in [7, 11) is 0. The van der Waals surface area contributed by atoms with Crippen LogP contribution in [0.4, 0.5) is 13.2 Å². The molecule has 0 aliphatic carbocycles. The van der Waals surface area contributed by atoms with Crippen molar-refractivity contribution in [3.63, 3.8) is 0 Å². The first-order chi connectivity index (χ1) is 8.76. The molecule has 1 rings (SSSR count). The highest BCUT2D eigenvalue weighted by molar-refractivity contribution is 5.96. The van der Waals surface area contributed by atoms with E-state index < -0.39 is 18.6 Å². The minimum Gasteiger partial charge on any atom is -0.508 e. The Bertz CT molecular complexity index is 461. The van der Waals surface area contributed by atoms with E-state index in [1.165, 1.54) is 25.1 Å². The summed E-state index contributed by atoms with van der Waals surface area (Å²) in [5.41, 5.74) is 5.51. The molecule has 1 aromatic rings. The molecule has 0 saturated carbocycles. The molecule has 0 saturated heterocycles. The average molecular weight is 276 g/mol. The van der Waals surface area contributed by atoms with Gasteiger partial charge in [0.05, 0.1) is 0 Å². The molecule has 1 aromatic carbocycles. The number of hydrogen-bond acceptors (Lipinski definition) is 3. The van der Waals surface area contributed by atoms with Crippen LogP contribution in [0.3, 0.4) is 0 Å². The third-order valence-corrected chi connectivity index (χ3v) is 2.59. The summed E-state index contributed by atoms with van der Waals surface area (Å²) in [4.78, 5) is 12.7. The number of hydrogen-bond donors (Lipinski definition) is 2. The van der Waals surface area contributed by atoms with E-state index in [2.05, 4.69) is 0 Å². The van der Waals surface area contributed by atoms with Gasteiger partial charge in [0, 0.05) is 24.2 Å². The summed E-state index contributed by atoms with van der Waals surface area (Å²) < 4.78 is 37.2. The Kier molecular flexibility index (Phi) is 4.77. The van der Waals surface area contributed by atoms with Crippen LogP contribution in [0.5, 0.6) is 5.75 Å². The maximum absolute atomic E-state index is 12.4. The van der Waals surface area contributed by atoms with Crippen molar-refractivity contribution in [1.29, 1.82) is 0 Å². The Morgan fingerprint density at radius 3 is 2.58 bits per heavy atom. The van der Waals surface area contributed by atoms with E-state index in [9.17, 15) is 23.1 Å². The Morgan fingerprint density at radius 2 is 2.05 bits per heavy atom. The van der Waals surface area contributed by atoms with Crippen molar-refractivity contribution in [2.45, 2.75) is 13.1 Å². The number of rotatable bonds is 4. The van der Waals surface area contributed by atoms with Crippen molar-refractivity contribution < 1.29 is 23.1 Å². The number of carbonyl (C=O) groups is 1. The molecule has 0 atom stereocenters. The highest BCUT2D eigenvalue weighted by atomic mass is 19.4. The van der Waals surface area contributed by atoms with Crippen molar-refractivity contribution in [3.8, 4) is 5.75 Å². The predicted octanol–water partition coefficient (Wildman–Crippen LogP) is 1.66. The van der Waals surface area contributed by atoms with Crippen molar-refractivity contribution in [2.75, 3.05) is 19.6 Å². The number of amides is 1. The molecular weight excluding hydrogens is 261 g/mol. The Hall–Kier alpha value is -1.76. The molecule has 19 heavy (non-hydrogen) atoms. The van der Waals surface area contributed by atoms with Gasteiger partial charge >= 0.3 is 6.18 Å². The van der Waals surface area contributed by atoms with E-state index >= 15 is 0 Å². The van der Waals surface area contributed by atoms with Crippen LogP contribution in [0.2, 0.25) is 0 Å². The molecule has 0 radical (unpaired) electrons. The van der Waals surface area contributed by atoms with Crippen molar-refractivity contribution >= 4 is 5.91 Å². The van der Waals surface area contributed by atoms with Crippen molar-refractivity contribution in [3.05, 3.63) is 29.3 Å². The molecule has 3 N–H and O–H groups in total. The number of aromatic hydroxyl groups is 1. The fourth-order valence-corrected chi connectivity index (χ4v) is 1.65. The Morgan fingerprint density at radius 1 is 1.42 bits per heavy atom. The summed E-state index contributed by atoms with van der Waals surface area (Å²) in [6, 6.07) is 4.14. The first-order valence-corrected chi connectivity index (χ1v) is 5.61. The first kappa shape index (κ1) is 15.3. The number of alkyl halides is 3. The van der Waals surface area contributed by atoms with E-state index in [1.54, 1.807) is 0 Å². The van der Waals surface area contributed by atoms with E-state index in [4.69, 9.17) is 5.73 Å². The molecule has 1 amide bonds. The molecule has 0 aliphatic rings. The maximum atomic E-state index is 12.4. The minimum absolute atomic E-state index is 0.0395. The smallest absolute Gasteiger partial charge is 0.406 e. The topological polar surface area (TPSA) is 66.6 Å². The number of phenolic OH excluding ortho intramolecular Hbond substituents is 1. The number of nitrogens with two attached hydrogens (primary N) is 1. The summed E-state index contributed by atoms with van der Waals surface area (Å²) in [5.74, 6) is -0.929. The molecule has 0 fully saturated rings. The van der Waals surface area contributed by atoms with Gasteiger partial charge in [0.15, 0.2) is 0 Å². The molecule has 0 aliphatic heterocycles. The zero-order valence-electron chi connectivity index (χ0n) is 10.4. The number of phenols is 1. The van der Waals surface area contributed by atoms with Gasteiger partial charge in [-0.25, -0.2) is 0 Å². The number of halogens is 3. The van der Waals surface area contributed by atoms with Crippen LogP contribution in [0, 0.1) is 6.92 Å². The average Bonchev–Trinajstić information content (AvgIpc) is 2.30. The fraction of sp³-hybridized carbons (Fsp3) is 0.417. The molecule has 0 bridgehead atoms. The first-order valence-electron chi connectivity index (χ1n) is 5.61. The van der Waals surface area contributed by atoms with Gasteiger partial charge in [-0.15, -0.1) is 0 Å². The van der Waals surface area contributed by atoms with Crippen LogP contribution >= 0.6 is 0 Å². The zero-order chi connectivity index (χ0) is 14.6. The summed E-state index contributed by atoms with van der Waals surface area (Å²) in [5, 5.41) is 9.48. The second kappa shape index (κ2) is 5.92. The highest BCUT2D eigenvalue weighted by Gasteiger charge is 2.33. The quantitative estimate of drug-likeness (QED) is 0.879. The third kappa shape index (κ3) is 4.13. The Labute approximate surface area is 108 Å². The molecule has 0 unspecified atom stereocenters. The fourth-order valence-electron chi connectivity index (χ4n) is 1.65. The number of benzene rings is 1. The van der Waals surface area contributed by atoms with Gasteiger partial charge in [-0.1, -0.05) is 6.07 Å². The Balaban J connectivity index is 3.02. The van der Waals surface area contributed by atoms with Gasteiger partial charge in [0.25, 0.3) is 5.91 Å². The second-order valence-corrected chi connectivity index (χ2v) is 4.08. The lowest BCUT2D eigenvalue weighted by Crippen LogP contribution is -2.42. The van der Waals surface area contributed by atoms with Crippen LogP contribution < -0.4 is 5.73 Å². The van der Waals surface area contributed by atoms with Gasteiger partial charge in [-0.2, -0.15) is 13.2 Å². The largest absolute Gasteiger partial charge is 0.508 e. The molecule has 4 nitrogen and oxygen atoms in total. The minimum atomic E-state index is -4.49. The SMILES string of the molecule is Cc1c(O)cccc1C(=O)N(CCN)CC(F)(F)F.